The van der Waals surface area contributed by atoms with E-state index in [1.807, 2.05) is 12.5 Å². The zero-order chi connectivity index (χ0) is 10.7. The summed E-state index contributed by atoms with van der Waals surface area (Å²) in [5.74, 6) is 0. The summed E-state index contributed by atoms with van der Waals surface area (Å²) in [6, 6.07) is 0.715. The molecule has 0 aromatic carbocycles. The standard InChI is InChI=1S/C10H18N4O/c11-5-9(13-3-4-15)10-6-12-7-14(10)8-1-2-8/h6-9,13,15H,1-5,11H2. The van der Waals surface area contributed by atoms with Gasteiger partial charge in [-0.25, -0.2) is 4.98 Å². The number of aliphatic hydroxyl groups excluding tert-OH is 1. The Morgan fingerprint density at radius 1 is 1.67 bits per heavy atom. The zero-order valence-electron chi connectivity index (χ0n) is 8.76. The Hall–Kier alpha value is -0.910. The maximum atomic E-state index is 8.77. The van der Waals surface area contributed by atoms with E-state index in [2.05, 4.69) is 14.9 Å². The van der Waals surface area contributed by atoms with Crippen LogP contribution in [0.4, 0.5) is 0 Å². The number of aliphatic hydroxyl groups is 1. The molecule has 4 N–H and O–H groups in total. The second kappa shape index (κ2) is 4.74. The average molecular weight is 210 g/mol. The minimum Gasteiger partial charge on any atom is -0.395 e. The van der Waals surface area contributed by atoms with Crippen LogP contribution >= 0.6 is 0 Å². The van der Waals surface area contributed by atoms with E-state index in [4.69, 9.17) is 10.8 Å². The van der Waals surface area contributed by atoms with Crippen LogP contribution in [0.1, 0.15) is 30.6 Å². The van der Waals surface area contributed by atoms with Gasteiger partial charge in [0.05, 0.1) is 24.7 Å². The van der Waals surface area contributed by atoms with E-state index in [0.29, 0.717) is 19.1 Å². The van der Waals surface area contributed by atoms with E-state index < -0.39 is 0 Å². The SMILES string of the molecule is NCC(NCCO)c1cncn1C1CC1. The average Bonchev–Trinajstić information content (AvgIpc) is 2.99. The minimum atomic E-state index is 0.0975. The van der Waals surface area contributed by atoms with Gasteiger partial charge in [0, 0.05) is 25.3 Å². The third-order valence-corrected chi connectivity index (χ3v) is 2.73. The molecule has 0 saturated heterocycles. The molecule has 1 aliphatic carbocycles. The largest absolute Gasteiger partial charge is 0.395 e. The fraction of sp³-hybridized carbons (Fsp3) is 0.700. The quantitative estimate of drug-likeness (QED) is 0.608. The lowest BCUT2D eigenvalue weighted by Crippen LogP contribution is -2.31. The fourth-order valence-electron chi connectivity index (χ4n) is 1.79. The Balaban J connectivity index is 2.07. The topological polar surface area (TPSA) is 76.1 Å². The van der Waals surface area contributed by atoms with Gasteiger partial charge in [-0.05, 0) is 12.8 Å². The smallest absolute Gasteiger partial charge is 0.0951 e. The highest BCUT2D eigenvalue weighted by molar-refractivity contribution is 5.09. The summed E-state index contributed by atoms with van der Waals surface area (Å²) in [5, 5.41) is 12.0. The highest BCUT2D eigenvalue weighted by Crippen LogP contribution is 2.36. The Labute approximate surface area is 89.3 Å². The molecule has 1 unspecified atom stereocenters. The predicted octanol–water partition coefficient (Wildman–Crippen LogP) is -0.200. The molecule has 0 amide bonds. The first-order valence-corrected chi connectivity index (χ1v) is 5.43. The lowest BCUT2D eigenvalue weighted by atomic mass is 10.2. The lowest BCUT2D eigenvalue weighted by Gasteiger charge is -2.18. The van der Waals surface area contributed by atoms with Gasteiger partial charge in [0.2, 0.25) is 0 Å². The summed E-state index contributed by atoms with van der Waals surface area (Å²) in [5.41, 5.74) is 6.84. The second-order valence-electron chi connectivity index (χ2n) is 3.92. The van der Waals surface area contributed by atoms with Crippen LogP contribution < -0.4 is 11.1 Å². The summed E-state index contributed by atoms with van der Waals surface area (Å²) in [7, 11) is 0. The molecule has 0 radical (unpaired) electrons. The monoisotopic (exact) mass is 210 g/mol. The van der Waals surface area contributed by atoms with Gasteiger partial charge >= 0.3 is 0 Å². The van der Waals surface area contributed by atoms with Crippen LogP contribution in [0.25, 0.3) is 0 Å². The summed E-state index contributed by atoms with van der Waals surface area (Å²) in [6.07, 6.45) is 6.21. The maximum absolute atomic E-state index is 8.77. The van der Waals surface area contributed by atoms with Crippen molar-refractivity contribution in [3.8, 4) is 0 Å². The Morgan fingerprint density at radius 2 is 2.47 bits per heavy atom. The Morgan fingerprint density at radius 3 is 3.07 bits per heavy atom. The van der Waals surface area contributed by atoms with Gasteiger partial charge in [-0.3, -0.25) is 0 Å². The van der Waals surface area contributed by atoms with Gasteiger partial charge in [-0.1, -0.05) is 0 Å². The van der Waals surface area contributed by atoms with Crippen molar-refractivity contribution in [3.05, 3.63) is 18.2 Å². The van der Waals surface area contributed by atoms with Crippen molar-refractivity contribution in [3.63, 3.8) is 0 Å². The first-order chi connectivity index (χ1) is 7.36. The number of imidazole rings is 1. The van der Waals surface area contributed by atoms with Crippen LogP contribution in [0.5, 0.6) is 0 Å². The van der Waals surface area contributed by atoms with Crippen molar-refractivity contribution in [1.29, 1.82) is 0 Å². The Bertz CT molecular complexity index is 308. The van der Waals surface area contributed by atoms with E-state index in [-0.39, 0.29) is 12.6 Å². The van der Waals surface area contributed by atoms with Gasteiger partial charge in [0.25, 0.3) is 0 Å². The van der Waals surface area contributed by atoms with Crippen molar-refractivity contribution < 1.29 is 5.11 Å². The number of hydrogen-bond acceptors (Lipinski definition) is 4. The van der Waals surface area contributed by atoms with E-state index in [9.17, 15) is 0 Å². The number of aromatic nitrogens is 2. The van der Waals surface area contributed by atoms with E-state index in [1.165, 1.54) is 12.8 Å². The molecule has 1 heterocycles. The molecule has 1 fully saturated rings. The van der Waals surface area contributed by atoms with Gasteiger partial charge in [0.15, 0.2) is 0 Å². The first-order valence-electron chi connectivity index (χ1n) is 5.43. The van der Waals surface area contributed by atoms with Crippen LogP contribution in [0.2, 0.25) is 0 Å². The molecule has 1 aliphatic rings. The molecule has 1 saturated carbocycles. The van der Waals surface area contributed by atoms with Crippen molar-refractivity contribution in [2.75, 3.05) is 19.7 Å². The highest BCUT2D eigenvalue weighted by Gasteiger charge is 2.27. The number of hydrogen-bond donors (Lipinski definition) is 3. The molecule has 0 spiro atoms. The van der Waals surface area contributed by atoms with Crippen LogP contribution in [0.3, 0.4) is 0 Å². The maximum Gasteiger partial charge on any atom is 0.0951 e. The van der Waals surface area contributed by atoms with E-state index in [0.717, 1.165) is 5.69 Å². The van der Waals surface area contributed by atoms with Gasteiger partial charge < -0.3 is 20.7 Å². The Kier molecular flexibility index (Phi) is 3.35. The van der Waals surface area contributed by atoms with Crippen molar-refractivity contribution in [1.82, 2.24) is 14.9 Å². The molecular formula is C10H18N4O. The molecule has 5 nitrogen and oxygen atoms in total. The molecule has 15 heavy (non-hydrogen) atoms. The third-order valence-electron chi connectivity index (χ3n) is 2.73. The molecule has 1 aromatic rings. The van der Waals surface area contributed by atoms with E-state index >= 15 is 0 Å². The summed E-state index contributed by atoms with van der Waals surface area (Å²) < 4.78 is 2.20. The van der Waals surface area contributed by atoms with Crippen LogP contribution in [0.15, 0.2) is 12.5 Å². The second-order valence-corrected chi connectivity index (χ2v) is 3.92. The van der Waals surface area contributed by atoms with E-state index in [1.54, 1.807) is 0 Å². The number of nitrogens with two attached hydrogens (primary N) is 1. The number of nitrogens with zero attached hydrogens (tertiary/aromatic N) is 2. The highest BCUT2D eigenvalue weighted by atomic mass is 16.3. The van der Waals surface area contributed by atoms with Crippen molar-refractivity contribution in [2.24, 2.45) is 5.73 Å². The van der Waals surface area contributed by atoms with Gasteiger partial charge in [0.1, 0.15) is 0 Å². The van der Waals surface area contributed by atoms with Crippen molar-refractivity contribution >= 4 is 0 Å². The molecule has 2 rings (SSSR count). The van der Waals surface area contributed by atoms with Gasteiger partial charge in [-0.15, -0.1) is 0 Å². The molecular weight excluding hydrogens is 192 g/mol. The normalized spacial score (nSPS) is 18.0. The lowest BCUT2D eigenvalue weighted by molar-refractivity contribution is 0.283. The molecule has 1 aromatic heterocycles. The predicted molar refractivity (Wildman–Crippen MR) is 57.4 cm³/mol. The van der Waals surface area contributed by atoms with Crippen LogP contribution in [-0.2, 0) is 0 Å². The fourth-order valence-corrected chi connectivity index (χ4v) is 1.79. The van der Waals surface area contributed by atoms with Crippen molar-refractivity contribution in [2.45, 2.75) is 24.9 Å². The molecule has 0 bridgehead atoms. The molecule has 84 valence electrons. The molecule has 1 atom stereocenters. The third kappa shape index (κ3) is 2.37. The molecule has 0 aliphatic heterocycles. The van der Waals surface area contributed by atoms with Crippen LogP contribution in [0, 0.1) is 0 Å². The summed E-state index contributed by atoms with van der Waals surface area (Å²) in [4.78, 5) is 4.17. The zero-order valence-corrected chi connectivity index (χ0v) is 8.76. The molecule has 5 heteroatoms. The number of nitrogens with one attached hydrogen (secondary N) is 1. The number of rotatable bonds is 6. The van der Waals surface area contributed by atoms with Crippen LogP contribution in [-0.4, -0.2) is 34.4 Å². The van der Waals surface area contributed by atoms with Gasteiger partial charge in [-0.2, -0.15) is 0 Å². The first kappa shape index (κ1) is 10.6. The minimum absolute atomic E-state index is 0.0975. The summed E-state index contributed by atoms with van der Waals surface area (Å²) in [6.45, 7) is 1.23. The summed E-state index contributed by atoms with van der Waals surface area (Å²) >= 11 is 0.